The minimum Gasteiger partial charge on any atom is -0.365 e. The van der Waals surface area contributed by atoms with Crippen molar-refractivity contribution in [3.05, 3.63) is 28.1 Å². The topological polar surface area (TPSA) is 153 Å². The molecule has 0 amide bonds. The monoisotopic (exact) mass is 521 g/mol. The average molecular weight is 522 g/mol. The largest absolute Gasteiger partial charge is 0.439 e. The van der Waals surface area contributed by atoms with Crippen LogP contribution in [0.3, 0.4) is 0 Å². The molecule has 12 heteroatoms. The highest BCUT2D eigenvalue weighted by Crippen LogP contribution is 2.35. The minimum atomic E-state index is -0.650. The molecule has 0 saturated heterocycles. The van der Waals surface area contributed by atoms with Crippen molar-refractivity contribution in [2.75, 3.05) is 10.6 Å². The molecule has 0 spiro atoms. The molecule has 0 aliphatic heterocycles. The van der Waals surface area contributed by atoms with Gasteiger partial charge in [-0.15, -0.1) is 0 Å². The lowest BCUT2D eigenvalue weighted by atomic mass is 9.80. The highest BCUT2D eigenvalue weighted by molar-refractivity contribution is 5.87. The summed E-state index contributed by atoms with van der Waals surface area (Å²) in [5.74, 6) is 3.83. The summed E-state index contributed by atoms with van der Waals surface area (Å²) in [4.78, 5) is 28.7. The summed E-state index contributed by atoms with van der Waals surface area (Å²) in [5, 5.41) is 14.9. The van der Waals surface area contributed by atoms with Gasteiger partial charge < -0.3 is 19.7 Å². The maximum absolute atomic E-state index is 11.7. The van der Waals surface area contributed by atoms with E-state index in [0.29, 0.717) is 35.8 Å². The van der Waals surface area contributed by atoms with Crippen molar-refractivity contribution in [3.63, 3.8) is 0 Å². The van der Waals surface area contributed by atoms with Gasteiger partial charge in [0.25, 0.3) is 0 Å². The van der Waals surface area contributed by atoms with E-state index in [1.807, 2.05) is 13.0 Å². The van der Waals surface area contributed by atoms with Gasteiger partial charge in [-0.2, -0.15) is 4.98 Å². The number of aryl methyl sites for hydroxylation is 1. The molecule has 4 aromatic heterocycles. The fourth-order valence-corrected chi connectivity index (χ4v) is 5.59. The third-order valence-corrected chi connectivity index (χ3v) is 8.15. The number of rotatable bonds is 9. The maximum atomic E-state index is 11.7. The van der Waals surface area contributed by atoms with Crippen LogP contribution in [0, 0.1) is 24.7 Å². The van der Waals surface area contributed by atoms with Crippen LogP contribution in [0.4, 0.5) is 11.8 Å². The Bertz CT molecular complexity index is 1460. The van der Waals surface area contributed by atoms with Gasteiger partial charge in [0.15, 0.2) is 17.2 Å². The molecule has 4 aromatic rings. The van der Waals surface area contributed by atoms with Gasteiger partial charge in [0.2, 0.25) is 17.6 Å². The summed E-state index contributed by atoms with van der Waals surface area (Å²) >= 11 is 0. The third-order valence-electron chi connectivity index (χ3n) is 8.15. The van der Waals surface area contributed by atoms with Crippen LogP contribution in [0.2, 0.25) is 0 Å². The predicted octanol–water partition coefficient (Wildman–Crippen LogP) is 4.50. The highest BCUT2D eigenvalue weighted by Gasteiger charge is 2.28. The first kappa shape index (κ1) is 24.6. The molecule has 2 fully saturated rings. The lowest BCUT2D eigenvalue weighted by molar-refractivity contribution is 0.267. The van der Waals surface area contributed by atoms with E-state index in [1.165, 1.54) is 44.9 Å². The number of anilines is 2. The summed E-state index contributed by atoms with van der Waals surface area (Å²) in [7, 11) is 0. The molecule has 2 aliphatic carbocycles. The number of nitrogens with zero attached hydrogens (tertiary/aromatic N) is 6. The van der Waals surface area contributed by atoms with Crippen LogP contribution < -0.4 is 16.4 Å². The Hall–Kier alpha value is -3.70. The Kier molecular flexibility index (Phi) is 6.62. The van der Waals surface area contributed by atoms with Crippen molar-refractivity contribution in [1.29, 1.82) is 0 Å². The Morgan fingerprint density at radius 2 is 1.92 bits per heavy atom. The van der Waals surface area contributed by atoms with Crippen LogP contribution in [-0.2, 0) is 13.1 Å². The van der Waals surface area contributed by atoms with Crippen LogP contribution in [0.25, 0.3) is 22.8 Å². The zero-order valence-electron chi connectivity index (χ0n) is 22.2. The first-order valence-corrected chi connectivity index (χ1v) is 13.7. The number of hydrogen-bond donors (Lipinski definition) is 3. The fraction of sp³-hybridized carbons (Fsp3) is 0.615. The van der Waals surface area contributed by atoms with Crippen LogP contribution in [0.15, 0.2) is 19.9 Å². The summed E-state index contributed by atoms with van der Waals surface area (Å²) in [6.07, 6.45) is 8.50. The van der Waals surface area contributed by atoms with Gasteiger partial charge >= 0.3 is 5.76 Å². The number of aromatic nitrogens is 7. The number of fused-ring (bicyclic) bond motifs is 1. The Labute approximate surface area is 220 Å². The second kappa shape index (κ2) is 10.2. The minimum absolute atomic E-state index is 0.179. The quantitative estimate of drug-likeness (QED) is 0.287. The molecular weight excluding hydrogens is 486 g/mol. The molecule has 0 aromatic carbocycles. The number of aromatic amines is 1. The first-order valence-electron chi connectivity index (χ1n) is 13.7. The average Bonchev–Trinajstić information content (AvgIpc) is 3.56. The van der Waals surface area contributed by atoms with E-state index in [4.69, 9.17) is 24.0 Å². The summed E-state index contributed by atoms with van der Waals surface area (Å²) in [5.41, 5.74) is 2.21. The van der Waals surface area contributed by atoms with Crippen molar-refractivity contribution in [2.45, 2.75) is 84.8 Å². The van der Waals surface area contributed by atoms with Crippen molar-refractivity contribution in [3.8, 4) is 11.6 Å². The van der Waals surface area contributed by atoms with Crippen LogP contribution in [0.5, 0.6) is 0 Å². The third kappa shape index (κ3) is 5.03. The maximum Gasteiger partial charge on any atom is 0.439 e. The van der Waals surface area contributed by atoms with Crippen molar-refractivity contribution in [1.82, 2.24) is 34.8 Å². The van der Waals surface area contributed by atoms with E-state index in [1.54, 1.807) is 0 Å². The second-order valence-electron chi connectivity index (χ2n) is 11.1. The molecule has 1 atom stereocenters. The van der Waals surface area contributed by atoms with E-state index >= 15 is 0 Å². The second-order valence-corrected chi connectivity index (χ2v) is 11.1. The Balaban J connectivity index is 1.42. The van der Waals surface area contributed by atoms with Crippen molar-refractivity contribution < 1.29 is 9.05 Å². The fourth-order valence-electron chi connectivity index (χ4n) is 5.59. The highest BCUT2D eigenvalue weighted by atomic mass is 16.5. The van der Waals surface area contributed by atoms with Gasteiger partial charge in [-0.05, 0) is 57.3 Å². The molecule has 12 nitrogen and oxygen atoms in total. The molecule has 0 radical (unpaired) electrons. The molecule has 0 unspecified atom stereocenters. The molecule has 3 N–H and O–H groups in total. The van der Waals surface area contributed by atoms with Crippen LogP contribution in [0.1, 0.15) is 70.2 Å². The van der Waals surface area contributed by atoms with Gasteiger partial charge in [0, 0.05) is 18.7 Å². The predicted molar refractivity (Wildman–Crippen MR) is 142 cm³/mol. The van der Waals surface area contributed by atoms with Gasteiger partial charge in [-0.25, -0.2) is 14.8 Å². The molecular formula is C26H35N9O3. The van der Waals surface area contributed by atoms with E-state index in [9.17, 15) is 4.79 Å². The van der Waals surface area contributed by atoms with Gasteiger partial charge in [-0.1, -0.05) is 36.5 Å². The zero-order chi connectivity index (χ0) is 26.2. The van der Waals surface area contributed by atoms with E-state index in [0.717, 1.165) is 29.4 Å². The molecule has 2 saturated carbocycles. The lowest BCUT2D eigenvalue weighted by Crippen LogP contribution is -2.31. The standard InChI is InChI=1S/C26H35N9O3/c1-14-7-9-17(10-8-14)13-35-20-21(28-16(3)18-5-4-6-18)29-23(24-32-26(36)38-34-24)30-22(20)31-25(35)27-12-19-11-15(2)33-37-19/h11,14,16-18H,4-10,12-13H2,1-3H3,(H,32,34,36)(H2,27,28,29,30,31)/t14?,16-,17?/m1/s1. The first-order chi connectivity index (χ1) is 18.4. The van der Waals surface area contributed by atoms with Crippen molar-refractivity contribution >= 4 is 22.9 Å². The number of nitrogens with one attached hydrogen (secondary N) is 3. The number of H-pyrrole nitrogens is 1. The van der Waals surface area contributed by atoms with E-state index in [2.05, 4.69) is 44.3 Å². The molecule has 6 rings (SSSR count). The lowest BCUT2D eigenvalue weighted by Gasteiger charge is -2.32. The SMILES string of the molecule is Cc1cc(CNc2nc3nc(-c4noc(=O)[nH]4)nc(N[C@H](C)C4CCC4)c3n2CC2CCC(C)CC2)on1. The summed E-state index contributed by atoms with van der Waals surface area (Å²) < 4.78 is 12.4. The van der Waals surface area contributed by atoms with E-state index < -0.39 is 5.76 Å². The van der Waals surface area contributed by atoms with Crippen molar-refractivity contribution in [2.24, 2.45) is 17.8 Å². The van der Waals surface area contributed by atoms with Gasteiger partial charge in [-0.3, -0.25) is 9.51 Å². The molecule has 4 heterocycles. The zero-order valence-corrected chi connectivity index (χ0v) is 22.2. The molecule has 0 bridgehead atoms. The smallest absolute Gasteiger partial charge is 0.365 e. The molecule has 38 heavy (non-hydrogen) atoms. The Morgan fingerprint density at radius 1 is 1.11 bits per heavy atom. The van der Waals surface area contributed by atoms with Gasteiger partial charge in [0.05, 0.1) is 12.2 Å². The van der Waals surface area contributed by atoms with Gasteiger partial charge in [0.1, 0.15) is 5.52 Å². The van der Waals surface area contributed by atoms with Crippen LogP contribution in [-0.4, -0.2) is 40.9 Å². The van der Waals surface area contributed by atoms with Crippen LogP contribution >= 0.6 is 0 Å². The summed E-state index contributed by atoms with van der Waals surface area (Å²) in [6, 6.07) is 2.15. The number of hydrogen-bond acceptors (Lipinski definition) is 10. The molecule has 2 aliphatic rings. The molecule has 202 valence electrons. The van der Waals surface area contributed by atoms with E-state index in [-0.39, 0.29) is 17.7 Å². The Morgan fingerprint density at radius 3 is 2.58 bits per heavy atom. The number of imidazole rings is 1. The normalized spacial score (nSPS) is 20.9. The summed E-state index contributed by atoms with van der Waals surface area (Å²) in [6.45, 7) is 7.70.